The molecule has 19 amide bonds. The molecule has 5 aliphatic heterocycles. The first-order chi connectivity index (χ1) is 66.8. The molecule has 144 heavy (non-hydrogen) atoms. The van der Waals surface area contributed by atoms with Crippen LogP contribution in [-0.2, 0) is 64.1 Å². The van der Waals surface area contributed by atoms with Gasteiger partial charge in [-0.2, -0.15) is 0 Å². The lowest BCUT2D eigenvalue weighted by atomic mass is 9.80. The van der Waals surface area contributed by atoms with E-state index >= 15 is 0 Å². The van der Waals surface area contributed by atoms with Gasteiger partial charge in [0.15, 0.2) is 0 Å². The van der Waals surface area contributed by atoms with Crippen molar-refractivity contribution >= 4 is 101 Å². The van der Waals surface area contributed by atoms with Gasteiger partial charge in [-0.25, -0.2) is 24.0 Å². The predicted molar refractivity (Wildman–Crippen MR) is 550 cm³/mol. The van der Waals surface area contributed by atoms with Crippen molar-refractivity contribution in [1.82, 2.24) is 104 Å². The summed E-state index contributed by atoms with van der Waals surface area (Å²) in [7, 11) is 0. The molecule has 3 unspecified atom stereocenters. The quantitative estimate of drug-likeness (QED) is 0.0221. The molecule has 4 aliphatic carbocycles. The molecule has 14 N–H and O–H groups in total. The molecule has 804 valence electrons. The number of carbonyl (C=O) groups excluding carboxylic acids is 17. The second-order valence-electron chi connectivity index (χ2n) is 49.2. The number of nitrogens with zero attached hydrogens (tertiary/aromatic N) is 6. The van der Waals surface area contributed by atoms with Gasteiger partial charge in [0, 0.05) is 97.3 Å². The number of urea groups is 5. The van der Waals surface area contributed by atoms with Gasteiger partial charge in [0.05, 0.1) is 36.3 Å². The van der Waals surface area contributed by atoms with E-state index in [1.165, 1.54) is 33.8 Å². The van der Waals surface area contributed by atoms with Crippen LogP contribution in [0.4, 0.5) is 24.0 Å². The van der Waals surface area contributed by atoms with Crippen LogP contribution in [0.1, 0.15) is 251 Å². The lowest BCUT2D eigenvalue weighted by Gasteiger charge is -2.40. The standard InChI is InChI=1S/C37H56N6O6.C35H59N7O6.C34H57N7O6/c1-10-17-38-32(47)29(45)24(19-22-14-13-15-22)39-31(46)28-27-23(37(27,8)9)20-43(28)33(48)30(36(5,6)7)41-34(49)40-25(35(2,3)4)21-42-18-12-11-16-26(42)44;1-11-13-15-22(26(43)29(45)36-16-12-2)38-28(44)25-24-21(35(24,9)10)19-42(25)30(46)27(34(6,7)8)40-31(47)39-23(33(3,4)5)20-41-18-14-17-37-32(41)48;1-11-14-21(25(42)28(44)35-15-12-2)37-27(43)24-23-20(34(23,9)10)18-41(24)29(45)26(33(6,7)8)39-30(46)38-22(32(3,4)5)19-40-17-13-16-36-31(40)47/h10-12,16,18,22-25,27-28,30H,1,13-15,17,19-21H2,2-9H3,(H,38,47)(H,39,46)(H2,40,41,49);12,21-25,27H,2,11,13-20H2,1,3-10H3,(H,36,45)(H,37,48)(H,38,44)(H2,39,40,47);12,20-24,26H,2,11,13-19H2,1,3-10H3,(H,35,44)(H,36,47)(H,37,43)(H2,38,39,46)/t23-,24?,25+,27-,28-,30+;21-,22?,23+,24-,25-,27+;20-,21?,22+,23-,24-,26+/m000/s1. The third-order valence-corrected chi connectivity index (χ3v) is 30.9. The normalized spacial score (nSPS) is 23.5. The molecule has 9 fully saturated rings. The summed E-state index contributed by atoms with van der Waals surface area (Å²) in [5.74, 6) is -7.06. The van der Waals surface area contributed by atoms with E-state index in [0.717, 1.165) is 38.5 Å². The maximum Gasteiger partial charge on any atom is 0.317 e. The van der Waals surface area contributed by atoms with Crippen LogP contribution < -0.4 is 80.0 Å². The zero-order chi connectivity index (χ0) is 108. The predicted octanol–water partition coefficient (Wildman–Crippen LogP) is 7.74. The summed E-state index contributed by atoms with van der Waals surface area (Å²) >= 11 is 0. The Hall–Kier alpha value is -11.2. The number of Topliss-reactive ketones (excluding diaryl/α,β-unsaturated/α-hetero) is 3. The van der Waals surface area contributed by atoms with Crippen LogP contribution in [0.15, 0.2) is 67.2 Å². The first-order valence-corrected chi connectivity index (χ1v) is 51.8. The van der Waals surface area contributed by atoms with E-state index in [1.807, 2.05) is 138 Å². The molecule has 18 atom stereocenters. The number of pyridine rings is 1. The van der Waals surface area contributed by atoms with Crippen LogP contribution in [0.2, 0.25) is 0 Å². The second kappa shape index (κ2) is 47.9. The van der Waals surface area contributed by atoms with E-state index < -0.39 is 176 Å². The Balaban J connectivity index is 0.000000264. The number of ketones is 3. The average Bonchev–Trinajstić information content (AvgIpc) is 1.53. The number of piperidine rings is 3. The first-order valence-electron chi connectivity index (χ1n) is 51.8. The highest BCUT2D eigenvalue weighted by Gasteiger charge is 2.73. The molecule has 9 aliphatic rings. The number of amides is 19. The molecule has 10 rings (SSSR count). The Morgan fingerprint density at radius 2 is 0.729 bits per heavy atom. The molecule has 1 aromatic rings. The van der Waals surface area contributed by atoms with Gasteiger partial charge in [-0.1, -0.05) is 243 Å². The molecular formula is C106H172N20O18. The number of fused-ring (bicyclic) bond motifs is 3. The van der Waals surface area contributed by atoms with E-state index in [4.69, 9.17) is 0 Å². The van der Waals surface area contributed by atoms with E-state index in [2.05, 4.69) is 136 Å². The van der Waals surface area contributed by atoms with Crippen molar-refractivity contribution in [2.24, 2.45) is 90.2 Å². The Kier molecular flexibility index (Phi) is 39.3. The van der Waals surface area contributed by atoms with E-state index in [0.29, 0.717) is 84.6 Å². The van der Waals surface area contributed by atoms with Gasteiger partial charge < -0.3 is 104 Å². The fourth-order valence-corrected chi connectivity index (χ4v) is 21.0. The van der Waals surface area contributed by atoms with E-state index in [1.54, 1.807) is 37.9 Å². The summed E-state index contributed by atoms with van der Waals surface area (Å²) in [5.41, 5.74) is -4.12. The van der Waals surface area contributed by atoms with E-state index in [9.17, 15) is 86.3 Å². The van der Waals surface area contributed by atoms with Crippen molar-refractivity contribution in [1.29, 1.82) is 0 Å². The molecular weight excluding hydrogens is 1840 g/mol. The fourth-order valence-electron chi connectivity index (χ4n) is 21.0. The minimum absolute atomic E-state index is 0.0766. The number of nitrogens with one attached hydrogen (secondary N) is 14. The van der Waals surface area contributed by atoms with Crippen molar-refractivity contribution in [3.05, 3.63) is 72.7 Å². The first kappa shape index (κ1) is 118. The van der Waals surface area contributed by atoms with Gasteiger partial charge >= 0.3 is 30.2 Å². The number of hydrogen-bond acceptors (Lipinski definition) is 18. The van der Waals surface area contributed by atoms with Crippen LogP contribution in [0.25, 0.3) is 0 Å². The minimum Gasteiger partial charge on any atom is -0.346 e. The number of rotatable bonds is 40. The summed E-state index contributed by atoms with van der Waals surface area (Å²) in [6.45, 7) is 66.0. The highest BCUT2D eigenvalue weighted by Crippen LogP contribution is 2.67. The maximum atomic E-state index is 14.4. The third kappa shape index (κ3) is 29.6. The van der Waals surface area contributed by atoms with Crippen LogP contribution in [0, 0.1) is 90.2 Å². The number of unbranched alkanes of at least 4 members (excludes halogenated alkanes) is 1. The molecule has 5 saturated heterocycles. The topological polar surface area (TPSA) is 497 Å². The molecule has 0 radical (unpaired) electrons. The lowest BCUT2D eigenvalue weighted by Crippen LogP contribution is -2.63. The van der Waals surface area contributed by atoms with Crippen LogP contribution in [-0.4, -0.2) is 281 Å². The van der Waals surface area contributed by atoms with Crippen LogP contribution >= 0.6 is 0 Å². The van der Waals surface area contributed by atoms with Crippen molar-refractivity contribution < 1.29 is 81.5 Å². The van der Waals surface area contributed by atoms with Gasteiger partial charge in [0.1, 0.15) is 36.3 Å². The third-order valence-electron chi connectivity index (χ3n) is 30.9. The molecule has 0 aromatic carbocycles. The monoisotopic (exact) mass is 2010 g/mol. The molecule has 38 nitrogen and oxygen atoms in total. The summed E-state index contributed by atoms with van der Waals surface area (Å²) in [5, 5.41) is 39.4. The van der Waals surface area contributed by atoms with Crippen LogP contribution in [0.3, 0.4) is 0 Å². The van der Waals surface area contributed by atoms with Gasteiger partial charge in [0.2, 0.25) is 52.8 Å². The van der Waals surface area contributed by atoms with Gasteiger partial charge in [0.25, 0.3) is 23.3 Å². The second-order valence-corrected chi connectivity index (χ2v) is 49.2. The van der Waals surface area contributed by atoms with Gasteiger partial charge in [-0.3, -0.25) is 62.3 Å². The van der Waals surface area contributed by atoms with Gasteiger partial charge in [-0.05, 0) is 128 Å². The highest BCUT2D eigenvalue weighted by molar-refractivity contribution is 6.39. The lowest BCUT2D eigenvalue weighted by molar-refractivity contribution is -0.145. The summed E-state index contributed by atoms with van der Waals surface area (Å²) in [4.78, 5) is 248. The number of aromatic nitrogens is 1. The minimum atomic E-state index is -1.03. The molecule has 38 heteroatoms. The Morgan fingerprint density at radius 3 is 1.01 bits per heavy atom. The summed E-state index contributed by atoms with van der Waals surface area (Å²) in [6.07, 6.45) is 13.5. The summed E-state index contributed by atoms with van der Waals surface area (Å²) in [6, 6.07) is -6.94. The number of likely N-dealkylation sites (tertiary alicyclic amines) is 3. The smallest absolute Gasteiger partial charge is 0.317 e. The van der Waals surface area contributed by atoms with Gasteiger partial charge in [-0.15, -0.1) is 19.7 Å². The maximum absolute atomic E-state index is 14.4. The van der Waals surface area contributed by atoms with E-state index in [-0.39, 0.29) is 126 Å². The van der Waals surface area contributed by atoms with Crippen molar-refractivity contribution in [3.63, 3.8) is 0 Å². The van der Waals surface area contributed by atoms with Crippen molar-refractivity contribution in [3.8, 4) is 0 Å². The van der Waals surface area contributed by atoms with Crippen molar-refractivity contribution in [2.75, 3.05) is 78.5 Å². The molecule has 0 bridgehead atoms. The highest BCUT2D eigenvalue weighted by atomic mass is 16.2. The molecule has 6 heterocycles. The SMILES string of the molecule is C=CCNC(=O)C(=O)C(CC1CCC1)NC(=O)[C@@H]1[C@@H]2[C@H](CN1C(=O)[C@@H](NC(=O)N[C@H](Cn1ccccc1=O)C(C)(C)C)C(C)(C)C)C2(C)C.C=CCNC(=O)C(=O)C(CCC)NC(=O)[C@@H]1[C@@H]2[C@H](CN1C(=O)[C@@H](NC(=O)N[C@H](CN1CCCNC1=O)C(C)(C)C)C(C)(C)C)C2(C)C.C=CCNC(=O)C(=O)C(CCCC)NC(=O)[C@@H]1[C@@H]2[C@H](CN1C(=O)[C@@H](NC(=O)N[C@H](CN1CCCNC1=O)C(C)(C)C)C(C)(C)C)C2(C)C. The van der Waals surface area contributed by atoms with Crippen molar-refractivity contribution in [2.45, 2.75) is 330 Å². The Labute approximate surface area is 852 Å². The zero-order valence-electron chi connectivity index (χ0n) is 90.6. The Morgan fingerprint density at radius 1 is 0.410 bits per heavy atom. The fraction of sp³-hybridized carbons (Fsp3) is 0.736. The average molecular weight is 2010 g/mol. The largest absolute Gasteiger partial charge is 0.346 e. The number of carbonyl (C=O) groups is 17. The molecule has 1 aromatic heterocycles. The Bertz CT molecular complexity index is 4940. The molecule has 4 saturated carbocycles. The summed E-state index contributed by atoms with van der Waals surface area (Å²) < 4.78 is 1.54. The molecule has 0 spiro atoms. The number of hydrogen-bond donors (Lipinski definition) is 14. The van der Waals surface area contributed by atoms with Crippen LogP contribution in [0.5, 0.6) is 0 Å². The zero-order valence-corrected chi connectivity index (χ0v) is 90.6.